The molecule has 2 unspecified atom stereocenters. The topological polar surface area (TPSA) is 23.8 Å². The van der Waals surface area contributed by atoms with Crippen molar-refractivity contribution >= 4 is 0 Å². The molecule has 1 fully saturated rings. The van der Waals surface area contributed by atoms with Crippen LogP contribution in [0.5, 0.6) is 0 Å². The summed E-state index contributed by atoms with van der Waals surface area (Å²) in [4.78, 5) is 0. The average Bonchev–Trinajstić information content (AvgIpc) is 2.64. The van der Waals surface area contributed by atoms with Gasteiger partial charge in [0.15, 0.2) is 5.41 Å². The van der Waals surface area contributed by atoms with Gasteiger partial charge in [-0.1, -0.05) is 13.3 Å². The molecule has 0 radical (unpaired) electrons. The van der Waals surface area contributed by atoms with Crippen LogP contribution in [0.15, 0.2) is 0 Å². The largest absolute Gasteiger partial charge is 0.403 e. The number of alkyl halides is 6. The van der Waals surface area contributed by atoms with Gasteiger partial charge in [-0.2, -0.15) is 31.6 Å². The smallest absolute Gasteiger partial charge is 0.198 e. The highest BCUT2D eigenvalue weighted by molar-refractivity contribution is 5.06. The number of hydrogen-bond acceptors (Lipinski definition) is 1. The SMILES string of the molecule is CCC1CCC(CCC#N)C1(C(F)(F)F)C(F)(F)F. The van der Waals surface area contributed by atoms with Gasteiger partial charge in [0.05, 0.1) is 6.07 Å². The lowest BCUT2D eigenvalue weighted by Gasteiger charge is -2.42. The van der Waals surface area contributed by atoms with Gasteiger partial charge < -0.3 is 0 Å². The Hall–Kier alpha value is -0.930. The number of nitrogens with zero attached hydrogens (tertiary/aromatic N) is 1. The van der Waals surface area contributed by atoms with Crippen molar-refractivity contribution in [2.45, 2.75) is 51.4 Å². The van der Waals surface area contributed by atoms with Crippen LogP contribution in [0.4, 0.5) is 26.3 Å². The van der Waals surface area contributed by atoms with Gasteiger partial charge in [-0.05, 0) is 31.1 Å². The van der Waals surface area contributed by atoms with E-state index < -0.39 is 29.6 Å². The molecule has 0 aromatic rings. The van der Waals surface area contributed by atoms with Gasteiger partial charge in [0.2, 0.25) is 0 Å². The summed E-state index contributed by atoms with van der Waals surface area (Å²) < 4.78 is 79.3. The molecule has 1 rings (SSSR count). The van der Waals surface area contributed by atoms with Crippen molar-refractivity contribution in [1.82, 2.24) is 0 Å². The van der Waals surface area contributed by atoms with Crippen molar-refractivity contribution in [2.75, 3.05) is 0 Å². The van der Waals surface area contributed by atoms with Crippen molar-refractivity contribution in [2.24, 2.45) is 17.3 Å². The first-order chi connectivity index (χ1) is 8.62. The Kier molecular flexibility index (Phi) is 4.43. The van der Waals surface area contributed by atoms with E-state index in [4.69, 9.17) is 5.26 Å². The van der Waals surface area contributed by atoms with Crippen LogP contribution >= 0.6 is 0 Å². The van der Waals surface area contributed by atoms with Crippen LogP contribution < -0.4 is 0 Å². The molecular weight excluding hydrogens is 272 g/mol. The van der Waals surface area contributed by atoms with E-state index in [0.717, 1.165) is 0 Å². The maximum absolute atomic E-state index is 13.2. The first-order valence-corrected chi connectivity index (χ1v) is 6.13. The van der Waals surface area contributed by atoms with Gasteiger partial charge in [-0.15, -0.1) is 0 Å². The van der Waals surface area contributed by atoms with Crippen LogP contribution in [-0.4, -0.2) is 12.4 Å². The average molecular weight is 287 g/mol. The standard InChI is InChI=1S/C12H15F6N/c1-2-8-5-6-9(4-3-7-19)10(8,11(13,14)15)12(16,17)18/h8-9H,2-6H2,1H3. The lowest BCUT2D eigenvalue weighted by Crippen LogP contribution is -2.56. The zero-order valence-corrected chi connectivity index (χ0v) is 10.4. The zero-order valence-electron chi connectivity index (χ0n) is 10.4. The Balaban J connectivity index is 3.31. The van der Waals surface area contributed by atoms with E-state index in [1.165, 1.54) is 6.92 Å². The second-order valence-electron chi connectivity index (χ2n) is 4.94. The molecule has 1 saturated carbocycles. The fourth-order valence-corrected chi connectivity index (χ4v) is 3.41. The second kappa shape index (κ2) is 5.22. The number of rotatable bonds is 3. The minimum Gasteiger partial charge on any atom is -0.198 e. The fourth-order valence-electron chi connectivity index (χ4n) is 3.41. The normalized spacial score (nSPS) is 27.3. The summed E-state index contributed by atoms with van der Waals surface area (Å²) in [5.74, 6) is -2.99. The van der Waals surface area contributed by atoms with Crippen molar-refractivity contribution in [3.05, 3.63) is 0 Å². The van der Waals surface area contributed by atoms with Crippen LogP contribution in [0.25, 0.3) is 0 Å². The minimum atomic E-state index is -5.33. The molecule has 0 bridgehead atoms. The Morgan fingerprint density at radius 3 is 1.89 bits per heavy atom. The molecule has 110 valence electrons. The highest BCUT2D eigenvalue weighted by Gasteiger charge is 2.77. The summed E-state index contributed by atoms with van der Waals surface area (Å²) in [6.07, 6.45) is -11.7. The molecule has 0 aliphatic heterocycles. The molecule has 0 aromatic heterocycles. The van der Waals surface area contributed by atoms with E-state index in [0.29, 0.717) is 0 Å². The third-order valence-electron chi connectivity index (χ3n) is 4.19. The molecule has 1 aliphatic rings. The van der Waals surface area contributed by atoms with Crippen molar-refractivity contribution in [3.63, 3.8) is 0 Å². The molecule has 0 heterocycles. The van der Waals surface area contributed by atoms with Crippen molar-refractivity contribution in [1.29, 1.82) is 5.26 Å². The summed E-state index contributed by atoms with van der Waals surface area (Å²) in [6.45, 7) is 1.35. The molecule has 0 spiro atoms. The molecule has 2 atom stereocenters. The van der Waals surface area contributed by atoms with Crippen LogP contribution in [0, 0.1) is 28.6 Å². The van der Waals surface area contributed by atoms with Gasteiger partial charge in [0.1, 0.15) is 0 Å². The maximum Gasteiger partial charge on any atom is 0.403 e. The summed E-state index contributed by atoms with van der Waals surface area (Å²) >= 11 is 0. The molecule has 7 heteroatoms. The molecule has 0 N–H and O–H groups in total. The van der Waals surface area contributed by atoms with E-state index >= 15 is 0 Å². The molecule has 0 aromatic carbocycles. The summed E-state index contributed by atoms with van der Waals surface area (Å²) in [6, 6.07) is 1.63. The van der Waals surface area contributed by atoms with Gasteiger partial charge >= 0.3 is 12.4 Å². The summed E-state index contributed by atoms with van der Waals surface area (Å²) in [5, 5.41) is 8.41. The number of hydrogen-bond donors (Lipinski definition) is 0. The predicted molar refractivity (Wildman–Crippen MR) is 55.9 cm³/mol. The van der Waals surface area contributed by atoms with Gasteiger partial charge in [0.25, 0.3) is 0 Å². The van der Waals surface area contributed by atoms with Crippen LogP contribution in [0.3, 0.4) is 0 Å². The molecule has 1 nitrogen and oxygen atoms in total. The van der Waals surface area contributed by atoms with E-state index in [9.17, 15) is 26.3 Å². The Morgan fingerprint density at radius 1 is 1.05 bits per heavy atom. The quantitative estimate of drug-likeness (QED) is 0.681. The van der Waals surface area contributed by atoms with Crippen LogP contribution in [0.1, 0.15) is 39.0 Å². The number of nitriles is 1. The maximum atomic E-state index is 13.2. The Bertz CT molecular complexity index is 337. The molecule has 0 amide bonds. The third-order valence-corrected chi connectivity index (χ3v) is 4.19. The Morgan fingerprint density at radius 2 is 1.53 bits per heavy atom. The fraction of sp³-hybridized carbons (Fsp3) is 0.917. The van der Waals surface area contributed by atoms with Gasteiger partial charge in [-0.25, -0.2) is 0 Å². The second-order valence-corrected chi connectivity index (χ2v) is 4.94. The first kappa shape index (κ1) is 16.1. The zero-order chi connectivity index (χ0) is 14.9. The Labute approximate surface area is 107 Å². The molecule has 19 heavy (non-hydrogen) atoms. The molecular formula is C12H15F6N. The van der Waals surface area contributed by atoms with Crippen LogP contribution in [0.2, 0.25) is 0 Å². The monoisotopic (exact) mass is 287 g/mol. The van der Waals surface area contributed by atoms with Gasteiger partial charge in [-0.3, -0.25) is 0 Å². The van der Waals surface area contributed by atoms with Crippen molar-refractivity contribution < 1.29 is 26.3 Å². The highest BCUT2D eigenvalue weighted by Crippen LogP contribution is 2.66. The summed E-state index contributed by atoms with van der Waals surface area (Å²) in [5.41, 5.74) is -3.65. The highest BCUT2D eigenvalue weighted by atomic mass is 19.4. The molecule has 1 aliphatic carbocycles. The van der Waals surface area contributed by atoms with Crippen molar-refractivity contribution in [3.8, 4) is 6.07 Å². The van der Waals surface area contributed by atoms with E-state index in [-0.39, 0.29) is 32.1 Å². The van der Waals surface area contributed by atoms with Gasteiger partial charge in [0, 0.05) is 6.42 Å². The van der Waals surface area contributed by atoms with E-state index in [2.05, 4.69) is 0 Å². The van der Waals surface area contributed by atoms with E-state index in [1.54, 1.807) is 6.07 Å². The minimum absolute atomic E-state index is 0.0917. The predicted octanol–water partition coefficient (Wildman–Crippen LogP) is 4.84. The lowest BCUT2D eigenvalue weighted by molar-refractivity contribution is -0.367. The molecule has 0 saturated heterocycles. The first-order valence-electron chi connectivity index (χ1n) is 6.13. The third kappa shape index (κ3) is 2.41. The van der Waals surface area contributed by atoms with E-state index in [1.807, 2.05) is 0 Å². The lowest BCUT2D eigenvalue weighted by atomic mass is 9.68. The van der Waals surface area contributed by atoms with Crippen LogP contribution in [-0.2, 0) is 0 Å². The number of halogens is 6. The summed E-state index contributed by atoms with van der Waals surface area (Å²) in [7, 11) is 0.